The predicted molar refractivity (Wildman–Crippen MR) is 92.2 cm³/mol. The molecule has 0 fully saturated rings. The molecule has 0 aromatic heterocycles. The zero-order valence-corrected chi connectivity index (χ0v) is 14.9. The van der Waals surface area contributed by atoms with Crippen molar-refractivity contribution in [1.82, 2.24) is 0 Å². The second kappa shape index (κ2) is 15.3. The number of hydrogen-bond donors (Lipinski definition) is 1. The molecule has 0 aliphatic heterocycles. The lowest BCUT2D eigenvalue weighted by molar-refractivity contribution is -0.117. The molecule has 120 valence electrons. The summed E-state index contributed by atoms with van der Waals surface area (Å²) in [7, 11) is 0. The summed E-state index contributed by atoms with van der Waals surface area (Å²) < 4.78 is 0. The standard InChI is InChI=1S/C17H34BrNO/c1-2-3-4-5-6-7-8-9-10-11-12-13-14-16(18)15-17(19)20/h16H,2-15H2,1H3,(H2,19,20). The summed E-state index contributed by atoms with van der Waals surface area (Å²) >= 11 is 3.51. The largest absolute Gasteiger partial charge is 0.370 e. The molecule has 2 nitrogen and oxygen atoms in total. The van der Waals surface area contributed by atoms with Crippen molar-refractivity contribution >= 4 is 21.8 Å². The predicted octanol–water partition coefficient (Wildman–Crippen LogP) is 5.72. The van der Waals surface area contributed by atoms with Crippen LogP contribution in [0.3, 0.4) is 0 Å². The lowest BCUT2D eigenvalue weighted by Crippen LogP contribution is -2.16. The van der Waals surface area contributed by atoms with Crippen LogP contribution in [-0.2, 0) is 4.79 Å². The molecule has 0 spiro atoms. The average Bonchev–Trinajstić information content (AvgIpc) is 2.39. The van der Waals surface area contributed by atoms with Gasteiger partial charge in [0, 0.05) is 11.2 Å². The second-order valence-corrected chi connectivity index (χ2v) is 7.24. The Morgan fingerprint density at radius 2 is 1.25 bits per heavy atom. The van der Waals surface area contributed by atoms with Crippen LogP contribution in [0.2, 0.25) is 0 Å². The minimum Gasteiger partial charge on any atom is -0.370 e. The molecule has 0 aliphatic carbocycles. The van der Waals surface area contributed by atoms with Crippen molar-refractivity contribution in [3.63, 3.8) is 0 Å². The smallest absolute Gasteiger partial charge is 0.218 e. The third kappa shape index (κ3) is 16.0. The lowest BCUT2D eigenvalue weighted by Gasteiger charge is -2.07. The minimum absolute atomic E-state index is 0.203. The van der Waals surface area contributed by atoms with Crippen molar-refractivity contribution in [2.24, 2.45) is 5.73 Å². The molecule has 0 aromatic carbocycles. The Balaban J connectivity index is 3.08. The first kappa shape index (κ1) is 19.9. The van der Waals surface area contributed by atoms with Gasteiger partial charge >= 0.3 is 0 Å². The van der Waals surface area contributed by atoms with Crippen LogP contribution < -0.4 is 5.73 Å². The fraction of sp³-hybridized carbons (Fsp3) is 0.941. The molecule has 0 bridgehead atoms. The van der Waals surface area contributed by atoms with E-state index in [9.17, 15) is 4.79 Å². The van der Waals surface area contributed by atoms with Crippen molar-refractivity contribution in [3.05, 3.63) is 0 Å². The summed E-state index contributed by atoms with van der Waals surface area (Å²) in [5.41, 5.74) is 5.16. The number of alkyl halides is 1. The van der Waals surface area contributed by atoms with Crippen LogP contribution in [0, 0.1) is 0 Å². The Labute approximate surface area is 134 Å². The summed E-state index contributed by atoms with van der Waals surface area (Å²) in [5.74, 6) is -0.203. The van der Waals surface area contributed by atoms with E-state index in [0.717, 1.165) is 6.42 Å². The normalized spacial score (nSPS) is 12.5. The molecular formula is C17H34BrNO. The number of unbranched alkanes of at least 4 members (excludes halogenated alkanes) is 11. The molecule has 1 unspecified atom stereocenters. The second-order valence-electron chi connectivity index (χ2n) is 5.95. The summed E-state index contributed by atoms with van der Waals surface area (Å²) in [6.45, 7) is 2.27. The molecule has 0 heterocycles. The molecule has 1 atom stereocenters. The monoisotopic (exact) mass is 347 g/mol. The van der Waals surface area contributed by atoms with Crippen molar-refractivity contribution < 1.29 is 4.79 Å². The molecule has 0 aromatic rings. The van der Waals surface area contributed by atoms with Crippen molar-refractivity contribution in [2.75, 3.05) is 0 Å². The quantitative estimate of drug-likeness (QED) is 0.299. The fourth-order valence-electron chi connectivity index (χ4n) is 2.53. The third-order valence-corrected chi connectivity index (χ3v) is 4.58. The molecule has 0 saturated heterocycles. The number of halogens is 1. The van der Waals surface area contributed by atoms with E-state index in [0.29, 0.717) is 6.42 Å². The van der Waals surface area contributed by atoms with Gasteiger partial charge in [0.2, 0.25) is 5.91 Å². The summed E-state index contributed by atoms with van der Waals surface area (Å²) in [4.78, 5) is 11.0. The highest BCUT2D eigenvalue weighted by Crippen LogP contribution is 2.16. The first-order valence-electron chi connectivity index (χ1n) is 8.59. The number of nitrogens with two attached hydrogens (primary N) is 1. The maximum Gasteiger partial charge on any atom is 0.218 e. The van der Waals surface area contributed by atoms with Gasteiger partial charge in [0.1, 0.15) is 0 Å². The molecule has 0 aliphatic rings. The minimum atomic E-state index is -0.203. The van der Waals surface area contributed by atoms with Crippen LogP contribution in [-0.4, -0.2) is 10.7 Å². The third-order valence-electron chi connectivity index (χ3n) is 3.79. The van der Waals surface area contributed by atoms with Gasteiger partial charge in [-0.2, -0.15) is 0 Å². The Kier molecular flexibility index (Phi) is 15.3. The number of rotatable bonds is 15. The van der Waals surface area contributed by atoms with Crippen LogP contribution in [0.4, 0.5) is 0 Å². The van der Waals surface area contributed by atoms with E-state index in [-0.39, 0.29) is 10.7 Å². The average molecular weight is 348 g/mol. The van der Waals surface area contributed by atoms with Crippen molar-refractivity contribution in [1.29, 1.82) is 0 Å². The highest BCUT2D eigenvalue weighted by atomic mass is 79.9. The van der Waals surface area contributed by atoms with Gasteiger partial charge in [0.05, 0.1) is 0 Å². The van der Waals surface area contributed by atoms with Gasteiger partial charge < -0.3 is 5.73 Å². The SMILES string of the molecule is CCCCCCCCCCCCCCC(Br)CC(N)=O. The Hall–Kier alpha value is -0.0500. The van der Waals surface area contributed by atoms with Gasteiger partial charge in [-0.15, -0.1) is 0 Å². The Morgan fingerprint density at radius 1 is 0.850 bits per heavy atom. The molecule has 2 N–H and O–H groups in total. The summed E-state index contributed by atoms with van der Waals surface area (Å²) in [6, 6.07) is 0. The maximum absolute atomic E-state index is 10.7. The lowest BCUT2D eigenvalue weighted by atomic mass is 10.0. The number of amides is 1. The number of carbonyl (C=O) groups is 1. The summed E-state index contributed by atoms with van der Waals surface area (Å²) in [5, 5.41) is 0. The van der Waals surface area contributed by atoms with Crippen LogP contribution >= 0.6 is 15.9 Å². The Morgan fingerprint density at radius 3 is 1.65 bits per heavy atom. The van der Waals surface area contributed by atoms with Crippen LogP contribution in [0.25, 0.3) is 0 Å². The van der Waals surface area contributed by atoms with E-state index < -0.39 is 0 Å². The molecule has 0 saturated carbocycles. The van der Waals surface area contributed by atoms with Gasteiger partial charge in [0.15, 0.2) is 0 Å². The van der Waals surface area contributed by atoms with E-state index in [1.54, 1.807) is 0 Å². The van der Waals surface area contributed by atoms with Crippen molar-refractivity contribution in [3.8, 4) is 0 Å². The van der Waals surface area contributed by atoms with Crippen LogP contribution in [0.1, 0.15) is 96.8 Å². The fourth-order valence-corrected chi connectivity index (χ4v) is 3.17. The molecule has 0 radical (unpaired) electrons. The number of carbonyl (C=O) groups excluding carboxylic acids is 1. The van der Waals surface area contributed by atoms with Gasteiger partial charge in [-0.25, -0.2) is 0 Å². The maximum atomic E-state index is 10.7. The van der Waals surface area contributed by atoms with Gasteiger partial charge in [0.25, 0.3) is 0 Å². The summed E-state index contributed by atoms with van der Waals surface area (Å²) in [6.07, 6.45) is 18.0. The highest BCUT2D eigenvalue weighted by Gasteiger charge is 2.06. The van der Waals surface area contributed by atoms with Gasteiger partial charge in [-0.1, -0.05) is 99.9 Å². The Bertz CT molecular complexity index is 221. The zero-order valence-electron chi connectivity index (χ0n) is 13.3. The van der Waals surface area contributed by atoms with Crippen molar-refractivity contribution in [2.45, 2.75) is 102 Å². The van der Waals surface area contributed by atoms with E-state index in [2.05, 4.69) is 22.9 Å². The zero-order chi connectivity index (χ0) is 15.1. The van der Waals surface area contributed by atoms with Crippen LogP contribution in [0.15, 0.2) is 0 Å². The first-order chi connectivity index (χ1) is 9.66. The molecular weight excluding hydrogens is 314 g/mol. The van der Waals surface area contributed by atoms with Gasteiger partial charge in [-0.3, -0.25) is 4.79 Å². The first-order valence-corrected chi connectivity index (χ1v) is 9.50. The highest BCUT2D eigenvalue weighted by molar-refractivity contribution is 9.09. The van der Waals surface area contributed by atoms with Gasteiger partial charge in [-0.05, 0) is 6.42 Å². The molecule has 1 amide bonds. The van der Waals surface area contributed by atoms with E-state index in [1.807, 2.05) is 0 Å². The van der Waals surface area contributed by atoms with E-state index >= 15 is 0 Å². The number of hydrogen-bond acceptors (Lipinski definition) is 1. The molecule has 0 rings (SSSR count). The molecule has 3 heteroatoms. The molecule has 20 heavy (non-hydrogen) atoms. The topological polar surface area (TPSA) is 43.1 Å². The van der Waals surface area contributed by atoms with Crippen LogP contribution in [0.5, 0.6) is 0 Å². The number of primary amides is 1. The van der Waals surface area contributed by atoms with E-state index in [4.69, 9.17) is 5.73 Å². The van der Waals surface area contributed by atoms with E-state index in [1.165, 1.54) is 77.0 Å².